The third-order valence-corrected chi connectivity index (χ3v) is 4.84. The number of nitrogens with zero attached hydrogens (tertiary/aromatic N) is 4. The molecule has 0 saturated carbocycles. The van der Waals surface area contributed by atoms with Crippen molar-refractivity contribution in [2.24, 2.45) is 0 Å². The van der Waals surface area contributed by atoms with Crippen molar-refractivity contribution in [1.82, 2.24) is 19.2 Å². The molecule has 0 aliphatic carbocycles. The summed E-state index contributed by atoms with van der Waals surface area (Å²) in [6.07, 6.45) is 1.85. The van der Waals surface area contributed by atoms with Crippen LogP contribution in [0, 0.1) is 4.77 Å². The molecule has 0 fully saturated rings. The third kappa shape index (κ3) is 3.72. The molecule has 0 saturated heterocycles. The molecule has 0 bridgehead atoms. The maximum Gasteiger partial charge on any atom is 0.199 e. The summed E-state index contributed by atoms with van der Waals surface area (Å²) in [5.41, 5.74) is 2.37. The highest BCUT2D eigenvalue weighted by atomic mass is 32.1. The molecule has 0 N–H and O–H groups in total. The molecule has 0 amide bonds. The number of aromatic nitrogens is 3. The van der Waals surface area contributed by atoms with Crippen LogP contribution < -0.4 is 0 Å². The Kier molecular flexibility index (Phi) is 5.40. The van der Waals surface area contributed by atoms with Crippen molar-refractivity contribution in [3.05, 3.63) is 70.1 Å². The maximum absolute atomic E-state index is 5.64. The van der Waals surface area contributed by atoms with Crippen molar-refractivity contribution in [2.75, 3.05) is 7.05 Å². The number of hydrogen-bond donors (Lipinski definition) is 0. The van der Waals surface area contributed by atoms with E-state index in [0.717, 1.165) is 17.9 Å². The van der Waals surface area contributed by atoms with Gasteiger partial charge >= 0.3 is 0 Å². The van der Waals surface area contributed by atoms with Crippen LogP contribution in [0.3, 0.4) is 0 Å². The van der Waals surface area contributed by atoms with Crippen molar-refractivity contribution >= 4 is 23.6 Å². The lowest BCUT2D eigenvalue weighted by Gasteiger charge is -2.15. The first kappa shape index (κ1) is 16.8. The molecule has 124 valence electrons. The van der Waals surface area contributed by atoms with Gasteiger partial charge in [0.1, 0.15) is 0 Å². The molecule has 3 rings (SSSR count). The van der Waals surface area contributed by atoms with Crippen LogP contribution in [-0.2, 0) is 19.8 Å². The van der Waals surface area contributed by atoms with E-state index in [1.807, 2.05) is 33.5 Å². The predicted octanol–water partition coefficient (Wildman–Crippen LogP) is 4.42. The van der Waals surface area contributed by atoms with E-state index in [2.05, 4.69) is 47.5 Å². The van der Waals surface area contributed by atoms with Crippen LogP contribution in [0.5, 0.6) is 0 Å². The third-order valence-electron chi connectivity index (χ3n) is 3.67. The summed E-state index contributed by atoms with van der Waals surface area (Å²) in [4.78, 5) is 2.21. The summed E-state index contributed by atoms with van der Waals surface area (Å²) in [6.45, 7) is 6.02. The Labute approximate surface area is 151 Å². The lowest BCUT2D eigenvalue weighted by atomic mass is 10.2. The molecule has 0 spiro atoms. The average Bonchev–Trinajstić information content (AvgIpc) is 3.19. The second kappa shape index (κ2) is 7.70. The smallest absolute Gasteiger partial charge is 0.199 e. The Morgan fingerprint density at radius 2 is 2.08 bits per heavy atom. The van der Waals surface area contributed by atoms with E-state index >= 15 is 0 Å². The van der Waals surface area contributed by atoms with Crippen LogP contribution in [0.4, 0.5) is 0 Å². The highest BCUT2D eigenvalue weighted by Crippen LogP contribution is 2.18. The van der Waals surface area contributed by atoms with E-state index in [1.165, 1.54) is 5.56 Å². The second-order valence-corrected chi connectivity index (χ2v) is 6.80. The molecule has 6 heteroatoms. The van der Waals surface area contributed by atoms with Crippen molar-refractivity contribution < 1.29 is 0 Å². The lowest BCUT2D eigenvalue weighted by Crippen LogP contribution is -2.22. The van der Waals surface area contributed by atoms with Crippen molar-refractivity contribution in [2.45, 2.75) is 19.8 Å². The fourth-order valence-electron chi connectivity index (χ4n) is 2.60. The van der Waals surface area contributed by atoms with Gasteiger partial charge < -0.3 is 0 Å². The topological polar surface area (TPSA) is 26.0 Å². The molecule has 24 heavy (non-hydrogen) atoms. The molecule has 1 aromatic carbocycles. The molecule has 2 heterocycles. The van der Waals surface area contributed by atoms with Gasteiger partial charge in [0.15, 0.2) is 10.6 Å². The molecule has 0 radical (unpaired) electrons. The second-order valence-electron chi connectivity index (χ2n) is 5.66. The van der Waals surface area contributed by atoms with Crippen LogP contribution in [0.15, 0.2) is 59.8 Å². The zero-order valence-corrected chi connectivity index (χ0v) is 15.3. The van der Waals surface area contributed by atoms with Crippen LogP contribution in [0.2, 0.25) is 0 Å². The van der Waals surface area contributed by atoms with E-state index in [0.29, 0.717) is 18.0 Å². The van der Waals surface area contributed by atoms with Crippen LogP contribution >= 0.6 is 23.6 Å². The largest absolute Gasteiger partial charge is 0.296 e. The molecule has 0 atom stereocenters. The summed E-state index contributed by atoms with van der Waals surface area (Å²) >= 11 is 7.35. The highest BCUT2D eigenvalue weighted by Gasteiger charge is 2.13. The number of allylic oxidation sites excluding steroid dienone is 1. The number of benzene rings is 1. The molecule has 0 aliphatic rings. The number of thiophene rings is 1. The van der Waals surface area contributed by atoms with Gasteiger partial charge in [0, 0.05) is 18.7 Å². The van der Waals surface area contributed by atoms with Gasteiger partial charge in [0.05, 0.1) is 6.67 Å². The molecule has 0 aliphatic heterocycles. The summed E-state index contributed by atoms with van der Waals surface area (Å²) in [5, 5.41) is 9.02. The molecule has 0 unspecified atom stereocenters. The fourth-order valence-corrected chi connectivity index (χ4v) is 3.52. The van der Waals surface area contributed by atoms with Crippen molar-refractivity contribution in [3.63, 3.8) is 0 Å². The fraction of sp³-hybridized carbons (Fsp3) is 0.222. The van der Waals surface area contributed by atoms with E-state index in [1.54, 1.807) is 11.3 Å². The van der Waals surface area contributed by atoms with E-state index < -0.39 is 0 Å². The molecule has 2 aromatic heterocycles. The standard InChI is InChI=1S/C18H20N4S2/c1-3-10-21-17(16-7-5-4-6-8-16)19-22(18(21)23)14-20(2)12-15-9-11-24-13-15/h3-9,11,13H,1,10,12,14H2,2H3. The Morgan fingerprint density at radius 3 is 2.75 bits per heavy atom. The summed E-state index contributed by atoms with van der Waals surface area (Å²) in [7, 11) is 2.08. The monoisotopic (exact) mass is 356 g/mol. The van der Waals surface area contributed by atoms with Crippen molar-refractivity contribution in [1.29, 1.82) is 0 Å². The predicted molar refractivity (Wildman–Crippen MR) is 102 cm³/mol. The van der Waals surface area contributed by atoms with Gasteiger partial charge in [-0.05, 0) is 41.7 Å². The van der Waals surface area contributed by atoms with Gasteiger partial charge in [0.2, 0.25) is 0 Å². The van der Waals surface area contributed by atoms with Crippen LogP contribution in [-0.4, -0.2) is 26.3 Å². The van der Waals surface area contributed by atoms with Gasteiger partial charge in [0.25, 0.3) is 0 Å². The van der Waals surface area contributed by atoms with E-state index in [4.69, 9.17) is 17.3 Å². The summed E-state index contributed by atoms with van der Waals surface area (Å²) < 4.78 is 4.62. The van der Waals surface area contributed by atoms with Crippen molar-refractivity contribution in [3.8, 4) is 11.4 Å². The first-order valence-electron chi connectivity index (χ1n) is 7.72. The molecule has 4 nitrogen and oxygen atoms in total. The highest BCUT2D eigenvalue weighted by molar-refractivity contribution is 7.71. The Morgan fingerprint density at radius 1 is 1.29 bits per heavy atom. The zero-order valence-electron chi connectivity index (χ0n) is 13.6. The first-order valence-corrected chi connectivity index (χ1v) is 9.07. The molecule has 3 aromatic rings. The minimum absolute atomic E-state index is 0.650. The Bertz CT molecular complexity index is 847. The lowest BCUT2D eigenvalue weighted by molar-refractivity contribution is 0.244. The van der Waals surface area contributed by atoms with Gasteiger partial charge in [-0.2, -0.15) is 16.4 Å². The minimum Gasteiger partial charge on any atom is -0.296 e. The van der Waals surface area contributed by atoms with Gasteiger partial charge in [-0.25, -0.2) is 4.68 Å². The number of hydrogen-bond acceptors (Lipinski definition) is 4. The van der Waals surface area contributed by atoms with E-state index in [9.17, 15) is 0 Å². The average molecular weight is 357 g/mol. The summed E-state index contributed by atoms with van der Waals surface area (Å²) in [6, 6.07) is 12.3. The van der Waals surface area contributed by atoms with Gasteiger partial charge in [-0.1, -0.05) is 36.4 Å². The summed E-state index contributed by atoms with van der Waals surface area (Å²) in [5.74, 6) is 0.879. The van der Waals surface area contributed by atoms with Crippen LogP contribution in [0.1, 0.15) is 5.56 Å². The first-order chi connectivity index (χ1) is 11.7. The Balaban J connectivity index is 1.88. The van der Waals surface area contributed by atoms with Gasteiger partial charge in [-0.15, -0.1) is 6.58 Å². The minimum atomic E-state index is 0.650. The maximum atomic E-state index is 5.64. The quantitative estimate of drug-likeness (QED) is 0.463. The SMILES string of the molecule is C=CCn1c(-c2ccccc2)nn(CN(C)Cc2ccsc2)c1=S. The normalized spacial score (nSPS) is 11.1. The number of rotatable bonds is 7. The van der Waals surface area contributed by atoms with Crippen LogP contribution in [0.25, 0.3) is 11.4 Å². The zero-order chi connectivity index (χ0) is 16.9. The van der Waals surface area contributed by atoms with E-state index in [-0.39, 0.29) is 0 Å². The van der Waals surface area contributed by atoms with Gasteiger partial charge in [-0.3, -0.25) is 9.47 Å². The molecular weight excluding hydrogens is 336 g/mol. The molecular formula is C18H20N4S2. The Hall–Kier alpha value is -2.02.